The van der Waals surface area contributed by atoms with Crippen LogP contribution in [0.4, 0.5) is 5.69 Å². The number of amides is 1. The van der Waals surface area contributed by atoms with Gasteiger partial charge in [-0.1, -0.05) is 30.3 Å². The molecule has 9 heteroatoms. The molecule has 1 heterocycles. The predicted molar refractivity (Wildman–Crippen MR) is 105 cm³/mol. The molecule has 154 valence electrons. The van der Waals surface area contributed by atoms with Gasteiger partial charge in [-0.3, -0.25) is 24.5 Å². The number of rotatable bonds is 7. The molecular formula is C21H18N2O7. The Bertz CT molecular complexity index is 1030. The maximum absolute atomic E-state index is 12.8. The highest BCUT2D eigenvalue weighted by molar-refractivity contribution is 6.46. The van der Waals surface area contributed by atoms with Gasteiger partial charge in [0.1, 0.15) is 5.76 Å². The molecule has 0 aromatic heterocycles. The van der Waals surface area contributed by atoms with Gasteiger partial charge in [-0.05, 0) is 24.1 Å². The van der Waals surface area contributed by atoms with Crippen LogP contribution in [0.1, 0.15) is 30.0 Å². The van der Waals surface area contributed by atoms with Crippen molar-refractivity contribution in [1.29, 1.82) is 0 Å². The van der Waals surface area contributed by atoms with Crippen LogP contribution in [-0.2, 0) is 14.4 Å². The summed E-state index contributed by atoms with van der Waals surface area (Å²) in [5.41, 5.74) is 0.431. The Kier molecular flexibility index (Phi) is 5.91. The minimum atomic E-state index is -1.04. The van der Waals surface area contributed by atoms with Crippen molar-refractivity contribution in [1.82, 2.24) is 4.90 Å². The number of nitro benzene ring substituents is 1. The third kappa shape index (κ3) is 4.04. The van der Waals surface area contributed by atoms with E-state index < -0.39 is 28.6 Å². The van der Waals surface area contributed by atoms with E-state index in [1.807, 2.05) is 0 Å². The lowest BCUT2D eigenvalue weighted by Gasteiger charge is -2.25. The predicted octanol–water partition coefficient (Wildman–Crippen LogP) is 2.88. The summed E-state index contributed by atoms with van der Waals surface area (Å²) in [5.74, 6) is -3.16. The molecule has 0 bridgehead atoms. The van der Waals surface area contributed by atoms with Gasteiger partial charge in [0.15, 0.2) is 0 Å². The first-order valence-corrected chi connectivity index (χ1v) is 9.11. The van der Waals surface area contributed by atoms with Crippen LogP contribution in [0.15, 0.2) is 60.2 Å². The Morgan fingerprint density at radius 1 is 1.03 bits per heavy atom. The zero-order valence-corrected chi connectivity index (χ0v) is 15.7. The van der Waals surface area contributed by atoms with E-state index >= 15 is 0 Å². The number of benzene rings is 2. The molecular weight excluding hydrogens is 392 g/mol. The topological polar surface area (TPSA) is 138 Å². The van der Waals surface area contributed by atoms with Gasteiger partial charge < -0.3 is 15.1 Å². The lowest BCUT2D eigenvalue weighted by atomic mass is 9.95. The van der Waals surface area contributed by atoms with Crippen molar-refractivity contribution >= 4 is 29.1 Å². The van der Waals surface area contributed by atoms with Crippen molar-refractivity contribution in [3.63, 3.8) is 0 Å². The number of likely N-dealkylation sites (tertiary alicyclic amines) is 1. The molecule has 3 rings (SSSR count). The fraction of sp³-hybridized carbons (Fsp3) is 0.190. The largest absolute Gasteiger partial charge is 0.507 e. The molecule has 2 N–H and O–H groups in total. The Morgan fingerprint density at radius 3 is 2.23 bits per heavy atom. The first kappa shape index (κ1) is 20.7. The van der Waals surface area contributed by atoms with Gasteiger partial charge in [0.2, 0.25) is 0 Å². The van der Waals surface area contributed by atoms with Gasteiger partial charge in [0.05, 0.1) is 16.5 Å². The van der Waals surface area contributed by atoms with Gasteiger partial charge in [-0.15, -0.1) is 0 Å². The van der Waals surface area contributed by atoms with Crippen LogP contribution >= 0.6 is 0 Å². The molecule has 1 fully saturated rings. The Hall–Kier alpha value is -4.01. The summed E-state index contributed by atoms with van der Waals surface area (Å²) in [6.45, 7) is -0.0237. The summed E-state index contributed by atoms with van der Waals surface area (Å²) < 4.78 is 0. The summed E-state index contributed by atoms with van der Waals surface area (Å²) in [5, 5.41) is 30.6. The first-order chi connectivity index (χ1) is 14.3. The number of aliphatic hydroxyl groups is 1. The molecule has 0 saturated carbocycles. The van der Waals surface area contributed by atoms with E-state index in [0.29, 0.717) is 11.1 Å². The lowest BCUT2D eigenvalue weighted by Crippen LogP contribution is -2.31. The van der Waals surface area contributed by atoms with Gasteiger partial charge >= 0.3 is 5.97 Å². The second-order valence-corrected chi connectivity index (χ2v) is 6.70. The van der Waals surface area contributed by atoms with E-state index in [4.69, 9.17) is 5.11 Å². The number of carboxylic acid groups (broad SMARTS) is 1. The number of hydrogen-bond acceptors (Lipinski definition) is 6. The van der Waals surface area contributed by atoms with Crippen LogP contribution in [0.2, 0.25) is 0 Å². The van der Waals surface area contributed by atoms with Gasteiger partial charge in [0, 0.05) is 30.7 Å². The van der Waals surface area contributed by atoms with E-state index in [2.05, 4.69) is 0 Å². The molecule has 1 unspecified atom stereocenters. The standard InChI is InChI=1S/C21H18N2O7/c24-16(25)7-4-12-22-18(13-8-10-15(11-9-13)23(29)30)17(20(27)21(22)28)19(26)14-5-2-1-3-6-14/h1-3,5-6,8-11,18,26H,4,7,12H2,(H,24,25). The summed E-state index contributed by atoms with van der Waals surface area (Å²) in [7, 11) is 0. The number of nitro groups is 1. The number of ketones is 1. The lowest BCUT2D eigenvalue weighted by molar-refractivity contribution is -0.384. The monoisotopic (exact) mass is 410 g/mol. The number of carbonyl (C=O) groups excluding carboxylic acids is 2. The van der Waals surface area contributed by atoms with Crippen molar-refractivity contribution in [3.8, 4) is 0 Å². The number of non-ortho nitro benzene ring substituents is 1. The van der Waals surface area contributed by atoms with Crippen LogP contribution in [0.5, 0.6) is 0 Å². The highest BCUT2D eigenvalue weighted by Crippen LogP contribution is 2.39. The van der Waals surface area contributed by atoms with Crippen molar-refractivity contribution in [2.24, 2.45) is 0 Å². The SMILES string of the molecule is O=C(O)CCCN1C(=O)C(=O)C(=C(O)c2ccccc2)C1c1ccc([N+](=O)[O-])cc1. The summed E-state index contributed by atoms with van der Waals surface area (Å²) >= 11 is 0. The number of aliphatic carboxylic acids is 1. The maximum Gasteiger partial charge on any atom is 0.303 e. The van der Waals surface area contributed by atoms with E-state index in [1.165, 1.54) is 29.2 Å². The van der Waals surface area contributed by atoms with E-state index in [0.717, 1.165) is 0 Å². The molecule has 2 aromatic rings. The minimum absolute atomic E-state index is 0.0237. The minimum Gasteiger partial charge on any atom is -0.507 e. The molecule has 1 aliphatic heterocycles. The Labute approximate surface area is 171 Å². The number of hydrogen-bond donors (Lipinski definition) is 2. The van der Waals surface area contributed by atoms with Crippen molar-refractivity contribution in [3.05, 3.63) is 81.4 Å². The number of aliphatic hydroxyl groups excluding tert-OH is 1. The molecule has 0 aliphatic carbocycles. The van der Waals surface area contributed by atoms with E-state index in [1.54, 1.807) is 30.3 Å². The second-order valence-electron chi connectivity index (χ2n) is 6.70. The molecule has 9 nitrogen and oxygen atoms in total. The van der Waals surface area contributed by atoms with E-state index in [-0.39, 0.29) is 36.4 Å². The highest BCUT2D eigenvalue weighted by atomic mass is 16.6. The fourth-order valence-corrected chi connectivity index (χ4v) is 3.39. The molecule has 2 aromatic carbocycles. The zero-order valence-electron chi connectivity index (χ0n) is 15.7. The first-order valence-electron chi connectivity index (χ1n) is 9.11. The maximum atomic E-state index is 12.8. The highest BCUT2D eigenvalue weighted by Gasteiger charge is 2.45. The van der Waals surface area contributed by atoms with Crippen LogP contribution in [-0.4, -0.2) is 44.2 Å². The number of nitrogens with zero attached hydrogens (tertiary/aromatic N) is 2. The molecule has 0 spiro atoms. The molecule has 1 atom stereocenters. The third-order valence-corrected chi connectivity index (χ3v) is 4.80. The average Bonchev–Trinajstić information content (AvgIpc) is 2.98. The second kappa shape index (κ2) is 8.56. The average molecular weight is 410 g/mol. The van der Waals surface area contributed by atoms with Gasteiger partial charge in [0.25, 0.3) is 17.4 Å². The van der Waals surface area contributed by atoms with Crippen LogP contribution in [0.3, 0.4) is 0 Å². The van der Waals surface area contributed by atoms with Crippen LogP contribution < -0.4 is 0 Å². The summed E-state index contributed by atoms with van der Waals surface area (Å²) in [6, 6.07) is 12.6. The third-order valence-electron chi connectivity index (χ3n) is 4.80. The molecule has 1 saturated heterocycles. The molecule has 1 amide bonds. The summed E-state index contributed by atoms with van der Waals surface area (Å²) in [4.78, 5) is 47.8. The summed E-state index contributed by atoms with van der Waals surface area (Å²) in [6.07, 6.45) is -0.0914. The van der Waals surface area contributed by atoms with Crippen molar-refractivity contribution in [2.45, 2.75) is 18.9 Å². The quantitative estimate of drug-likeness (QED) is 0.235. The Balaban J connectivity index is 2.09. The van der Waals surface area contributed by atoms with Crippen LogP contribution in [0.25, 0.3) is 5.76 Å². The Morgan fingerprint density at radius 2 is 1.67 bits per heavy atom. The molecule has 1 aliphatic rings. The fourth-order valence-electron chi connectivity index (χ4n) is 3.39. The van der Waals surface area contributed by atoms with Crippen molar-refractivity contribution < 1.29 is 29.5 Å². The molecule has 0 radical (unpaired) electrons. The smallest absolute Gasteiger partial charge is 0.303 e. The number of carbonyl (C=O) groups is 3. The van der Waals surface area contributed by atoms with Crippen LogP contribution in [0, 0.1) is 10.1 Å². The van der Waals surface area contributed by atoms with Crippen molar-refractivity contribution in [2.75, 3.05) is 6.54 Å². The van der Waals surface area contributed by atoms with Gasteiger partial charge in [-0.25, -0.2) is 0 Å². The van der Waals surface area contributed by atoms with E-state index in [9.17, 15) is 29.6 Å². The molecule has 30 heavy (non-hydrogen) atoms. The normalized spacial score (nSPS) is 17.9. The van der Waals surface area contributed by atoms with Gasteiger partial charge in [-0.2, -0.15) is 0 Å². The number of carboxylic acids is 1. The zero-order chi connectivity index (χ0) is 21.8. The number of Topliss-reactive ketones (excluding diaryl/α,β-unsaturated/α-hetero) is 1.